The molecule has 1 atom stereocenters. The molecular formula is C14H20N7O2S+. The van der Waals surface area contributed by atoms with Gasteiger partial charge in [0.1, 0.15) is 17.2 Å². The van der Waals surface area contributed by atoms with Gasteiger partial charge in [0.05, 0.1) is 37.1 Å². The number of aliphatic hydroxyl groups is 2. The first-order valence-electron chi connectivity index (χ1n) is 8.03. The first-order valence-corrected chi connectivity index (χ1v) is 8.85. The zero-order valence-corrected chi connectivity index (χ0v) is 14.3. The second-order valence-electron chi connectivity index (χ2n) is 6.08. The van der Waals surface area contributed by atoms with Crippen LogP contribution in [-0.4, -0.2) is 75.1 Å². The fourth-order valence-electron chi connectivity index (χ4n) is 3.31. The zero-order chi connectivity index (χ0) is 16.7. The van der Waals surface area contributed by atoms with Crippen molar-refractivity contribution in [3.8, 4) is 0 Å². The number of fused-ring (bicyclic) bond motifs is 5. The van der Waals surface area contributed by atoms with Gasteiger partial charge in [0.15, 0.2) is 0 Å². The minimum absolute atomic E-state index is 0.00148. The zero-order valence-electron chi connectivity index (χ0n) is 13.4. The van der Waals surface area contributed by atoms with Crippen molar-refractivity contribution in [3.63, 3.8) is 0 Å². The van der Waals surface area contributed by atoms with E-state index in [2.05, 4.69) is 27.6 Å². The van der Waals surface area contributed by atoms with E-state index in [9.17, 15) is 10.2 Å². The van der Waals surface area contributed by atoms with Gasteiger partial charge in [-0.15, -0.1) is 11.3 Å². The SMILES string of the molecule is C[NH+]1CCc2c(sc3c2c(N(CCO)CCO)nc2nnnn23)C1. The summed E-state index contributed by atoms with van der Waals surface area (Å²) in [5, 5.41) is 31.7. The molecule has 0 aromatic carbocycles. The largest absolute Gasteiger partial charge is 0.395 e. The summed E-state index contributed by atoms with van der Waals surface area (Å²) < 4.78 is 1.69. The molecule has 0 amide bonds. The summed E-state index contributed by atoms with van der Waals surface area (Å²) in [4.78, 5) is 10.4. The Balaban J connectivity index is 1.99. The van der Waals surface area contributed by atoms with Gasteiger partial charge in [0.25, 0.3) is 5.78 Å². The predicted octanol–water partition coefficient (Wildman–Crippen LogP) is -1.90. The molecule has 3 aromatic rings. The highest BCUT2D eigenvalue weighted by Crippen LogP contribution is 2.37. The van der Waals surface area contributed by atoms with Crippen LogP contribution in [0.4, 0.5) is 5.82 Å². The summed E-state index contributed by atoms with van der Waals surface area (Å²) in [6, 6.07) is 0. The number of tetrazole rings is 1. The summed E-state index contributed by atoms with van der Waals surface area (Å²) in [6.45, 7) is 2.88. The number of aromatic nitrogens is 5. The van der Waals surface area contributed by atoms with Crippen molar-refractivity contribution < 1.29 is 15.1 Å². The van der Waals surface area contributed by atoms with Crippen molar-refractivity contribution in [1.29, 1.82) is 0 Å². The molecule has 9 nitrogen and oxygen atoms in total. The maximum absolute atomic E-state index is 9.40. The Kier molecular flexibility index (Phi) is 4.04. The number of anilines is 1. The first kappa shape index (κ1) is 15.6. The maximum atomic E-state index is 9.40. The van der Waals surface area contributed by atoms with E-state index >= 15 is 0 Å². The molecule has 3 aromatic heterocycles. The standard InChI is InChI=1S/C14H19N7O2S/c1-19-3-2-9-10(8-19)24-13-11(9)12(20(4-6-22)5-7-23)15-14-16-17-18-21(13)14/h22-23H,2-8H2,1H3/p+1. The van der Waals surface area contributed by atoms with Gasteiger partial charge in [-0.25, -0.2) is 0 Å². The predicted molar refractivity (Wildman–Crippen MR) is 89.5 cm³/mol. The lowest BCUT2D eigenvalue weighted by Gasteiger charge is -2.24. The summed E-state index contributed by atoms with van der Waals surface area (Å²) in [7, 11) is 2.20. The molecule has 0 saturated carbocycles. The van der Waals surface area contributed by atoms with Crippen LogP contribution < -0.4 is 9.80 Å². The van der Waals surface area contributed by atoms with Crippen molar-refractivity contribution in [2.75, 3.05) is 44.8 Å². The third-order valence-corrected chi connectivity index (χ3v) is 5.66. The van der Waals surface area contributed by atoms with Crippen molar-refractivity contribution in [2.45, 2.75) is 13.0 Å². The molecule has 0 fully saturated rings. The van der Waals surface area contributed by atoms with Crippen molar-refractivity contribution in [3.05, 3.63) is 10.4 Å². The van der Waals surface area contributed by atoms with Crippen LogP contribution in [0.1, 0.15) is 10.4 Å². The van der Waals surface area contributed by atoms with Crippen LogP contribution in [0.25, 0.3) is 16.0 Å². The van der Waals surface area contributed by atoms with E-state index < -0.39 is 0 Å². The van der Waals surface area contributed by atoms with Gasteiger partial charge < -0.3 is 20.0 Å². The Labute approximate surface area is 142 Å². The topological polar surface area (TPSA) is 104 Å². The quantitative estimate of drug-likeness (QED) is 0.494. The molecule has 0 saturated heterocycles. The van der Waals surface area contributed by atoms with Gasteiger partial charge >= 0.3 is 0 Å². The maximum Gasteiger partial charge on any atom is 0.276 e. The van der Waals surface area contributed by atoms with Gasteiger partial charge in [0.2, 0.25) is 0 Å². The second kappa shape index (κ2) is 6.20. The van der Waals surface area contributed by atoms with Gasteiger partial charge in [-0.1, -0.05) is 5.10 Å². The average molecular weight is 350 g/mol. The number of rotatable bonds is 5. The molecule has 4 rings (SSSR count). The van der Waals surface area contributed by atoms with E-state index in [1.165, 1.54) is 15.3 Å². The molecule has 3 N–H and O–H groups in total. The number of hydrogen-bond donors (Lipinski definition) is 3. The molecule has 0 aliphatic carbocycles. The van der Waals surface area contributed by atoms with Gasteiger partial charge in [-0.2, -0.15) is 9.50 Å². The lowest BCUT2D eigenvalue weighted by Crippen LogP contribution is -3.08. The van der Waals surface area contributed by atoms with E-state index in [1.54, 1.807) is 15.9 Å². The molecule has 0 bridgehead atoms. The molecule has 1 aliphatic rings. The second-order valence-corrected chi connectivity index (χ2v) is 7.16. The number of nitrogens with zero attached hydrogens (tertiary/aromatic N) is 6. The molecule has 1 unspecified atom stereocenters. The molecular weight excluding hydrogens is 330 g/mol. The number of thiophene rings is 1. The average Bonchev–Trinajstić information content (AvgIpc) is 3.17. The van der Waals surface area contributed by atoms with Crippen LogP contribution in [0.5, 0.6) is 0 Å². The monoisotopic (exact) mass is 350 g/mol. The van der Waals surface area contributed by atoms with E-state index in [0.717, 1.165) is 35.5 Å². The van der Waals surface area contributed by atoms with Crippen molar-refractivity contribution >= 4 is 33.1 Å². The van der Waals surface area contributed by atoms with Gasteiger partial charge in [-0.3, -0.25) is 0 Å². The third-order valence-electron chi connectivity index (χ3n) is 4.45. The summed E-state index contributed by atoms with van der Waals surface area (Å²) in [5.41, 5.74) is 1.31. The number of nitrogens with one attached hydrogen (secondary N) is 1. The summed E-state index contributed by atoms with van der Waals surface area (Å²) in [6.07, 6.45) is 0.982. The van der Waals surface area contributed by atoms with Gasteiger partial charge in [-0.05, 0) is 16.0 Å². The molecule has 0 radical (unpaired) electrons. The van der Waals surface area contributed by atoms with Crippen LogP contribution in [-0.2, 0) is 13.0 Å². The lowest BCUT2D eigenvalue weighted by molar-refractivity contribution is -0.895. The highest BCUT2D eigenvalue weighted by molar-refractivity contribution is 7.19. The van der Waals surface area contributed by atoms with Crippen LogP contribution in [0.15, 0.2) is 0 Å². The Morgan fingerprint density at radius 2 is 2.08 bits per heavy atom. The number of likely N-dealkylation sites (N-methyl/N-ethyl adjacent to an activating group) is 1. The number of aliphatic hydroxyl groups excluding tert-OH is 2. The van der Waals surface area contributed by atoms with E-state index in [0.29, 0.717) is 18.9 Å². The highest BCUT2D eigenvalue weighted by atomic mass is 32.1. The Hall–Kier alpha value is -1.88. The van der Waals surface area contributed by atoms with Crippen molar-refractivity contribution in [1.82, 2.24) is 25.0 Å². The van der Waals surface area contributed by atoms with Crippen molar-refractivity contribution in [2.24, 2.45) is 0 Å². The minimum atomic E-state index is -0.00148. The fraction of sp³-hybridized carbons (Fsp3) is 0.571. The van der Waals surface area contributed by atoms with Crippen LogP contribution in [0, 0.1) is 0 Å². The minimum Gasteiger partial charge on any atom is -0.395 e. The number of quaternary nitrogens is 1. The molecule has 0 spiro atoms. The van der Waals surface area contributed by atoms with Crippen LogP contribution >= 0.6 is 11.3 Å². The van der Waals surface area contributed by atoms with E-state index in [4.69, 9.17) is 0 Å². The molecule has 4 heterocycles. The lowest BCUT2D eigenvalue weighted by atomic mass is 10.1. The van der Waals surface area contributed by atoms with Crippen LogP contribution in [0.3, 0.4) is 0 Å². The summed E-state index contributed by atoms with van der Waals surface area (Å²) >= 11 is 1.71. The first-order chi connectivity index (χ1) is 11.7. The van der Waals surface area contributed by atoms with E-state index in [1.807, 2.05) is 4.90 Å². The molecule has 128 valence electrons. The fourth-order valence-corrected chi connectivity index (χ4v) is 4.71. The molecule has 24 heavy (non-hydrogen) atoms. The van der Waals surface area contributed by atoms with Gasteiger partial charge in [0, 0.05) is 19.5 Å². The Morgan fingerprint density at radius 3 is 2.83 bits per heavy atom. The smallest absolute Gasteiger partial charge is 0.276 e. The highest BCUT2D eigenvalue weighted by Gasteiger charge is 2.27. The normalized spacial score (nSPS) is 17.5. The van der Waals surface area contributed by atoms with Crippen LogP contribution in [0.2, 0.25) is 0 Å². The van der Waals surface area contributed by atoms with E-state index in [-0.39, 0.29) is 13.2 Å². The Morgan fingerprint density at radius 1 is 1.29 bits per heavy atom. The molecule has 1 aliphatic heterocycles. The summed E-state index contributed by atoms with van der Waals surface area (Å²) in [5.74, 6) is 1.20. The third kappa shape index (κ3) is 2.42. The Bertz CT molecular complexity index is 871. The molecule has 10 heteroatoms. The number of hydrogen-bond acceptors (Lipinski definition) is 8.